The maximum atomic E-state index is 14.4. The third kappa shape index (κ3) is 7.56. The van der Waals surface area contributed by atoms with Gasteiger partial charge in [-0.1, -0.05) is 41.9 Å². The SMILES string of the molecule is O=C(CC[C@H]1CN(Cc2cccnc2)CC[C@H]1N1CCN(c2ccccc2F)CC1)NCc1cccc(Cl)c1. The summed E-state index contributed by atoms with van der Waals surface area (Å²) < 4.78 is 14.4. The average Bonchev–Trinajstić information content (AvgIpc) is 2.96. The molecule has 1 aromatic heterocycles. The summed E-state index contributed by atoms with van der Waals surface area (Å²) in [7, 11) is 0. The third-order valence-corrected chi connectivity index (χ3v) is 8.24. The molecule has 0 saturated carbocycles. The second-order valence-electron chi connectivity index (χ2n) is 10.6. The quantitative estimate of drug-likeness (QED) is 0.408. The van der Waals surface area contributed by atoms with Gasteiger partial charge >= 0.3 is 0 Å². The number of amides is 1. The summed E-state index contributed by atoms with van der Waals surface area (Å²) in [5.41, 5.74) is 2.91. The predicted octanol–water partition coefficient (Wildman–Crippen LogP) is 4.98. The van der Waals surface area contributed by atoms with E-state index >= 15 is 0 Å². The third-order valence-electron chi connectivity index (χ3n) is 8.00. The highest BCUT2D eigenvalue weighted by atomic mass is 35.5. The zero-order chi connectivity index (χ0) is 27.0. The van der Waals surface area contributed by atoms with E-state index in [4.69, 9.17) is 11.6 Å². The molecule has 39 heavy (non-hydrogen) atoms. The van der Waals surface area contributed by atoms with E-state index < -0.39 is 0 Å². The van der Waals surface area contributed by atoms with Crippen molar-refractivity contribution in [3.8, 4) is 0 Å². The van der Waals surface area contributed by atoms with Crippen LogP contribution in [0.3, 0.4) is 0 Å². The second-order valence-corrected chi connectivity index (χ2v) is 11.1. The first-order valence-corrected chi connectivity index (χ1v) is 14.3. The molecule has 1 N–H and O–H groups in total. The van der Waals surface area contributed by atoms with Crippen LogP contribution in [-0.4, -0.2) is 66.0 Å². The van der Waals surface area contributed by atoms with Gasteiger partial charge < -0.3 is 10.2 Å². The first-order valence-electron chi connectivity index (χ1n) is 13.9. The smallest absolute Gasteiger partial charge is 0.220 e. The Labute approximate surface area is 235 Å². The number of carbonyl (C=O) groups is 1. The molecule has 3 aromatic rings. The van der Waals surface area contributed by atoms with Crippen LogP contribution in [0, 0.1) is 11.7 Å². The zero-order valence-electron chi connectivity index (χ0n) is 22.3. The molecule has 8 heteroatoms. The van der Waals surface area contributed by atoms with Crippen molar-refractivity contribution in [2.24, 2.45) is 5.92 Å². The van der Waals surface area contributed by atoms with E-state index in [-0.39, 0.29) is 11.7 Å². The molecule has 5 rings (SSSR count). The number of hydrogen-bond acceptors (Lipinski definition) is 5. The monoisotopic (exact) mass is 549 g/mol. The minimum atomic E-state index is -0.156. The van der Waals surface area contributed by atoms with Gasteiger partial charge in [0.2, 0.25) is 5.91 Å². The molecular weight excluding hydrogens is 513 g/mol. The largest absolute Gasteiger partial charge is 0.367 e. The van der Waals surface area contributed by atoms with Gasteiger partial charge in [-0.05, 0) is 66.8 Å². The highest BCUT2D eigenvalue weighted by Gasteiger charge is 2.35. The summed E-state index contributed by atoms with van der Waals surface area (Å²) >= 11 is 6.09. The van der Waals surface area contributed by atoms with Crippen molar-refractivity contribution in [3.63, 3.8) is 0 Å². The Bertz CT molecular complexity index is 1220. The van der Waals surface area contributed by atoms with Crippen LogP contribution in [0.25, 0.3) is 0 Å². The van der Waals surface area contributed by atoms with Crippen LogP contribution in [0.15, 0.2) is 73.1 Å². The molecule has 0 aliphatic carbocycles. The molecule has 206 valence electrons. The molecule has 0 spiro atoms. The maximum absolute atomic E-state index is 14.4. The first kappa shape index (κ1) is 27.6. The van der Waals surface area contributed by atoms with Gasteiger partial charge in [0.15, 0.2) is 0 Å². The van der Waals surface area contributed by atoms with Crippen LogP contribution in [0.2, 0.25) is 5.02 Å². The lowest BCUT2D eigenvalue weighted by molar-refractivity contribution is -0.121. The van der Waals surface area contributed by atoms with Gasteiger partial charge in [0.05, 0.1) is 5.69 Å². The van der Waals surface area contributed by atoms with Crippen molar-refractivity contribution in [2.75, 3.05) is 44.2 Å². The molecule has 2 fully saturated rings. The number of hydrogen-bond donors (Lipinski definition) is 1. The van der Waals surface area contributed by atoms with Gasteiger partial charge in [0.25, 0.3) is 0 Å². The Morgan fingerprint density at radius 3 is 2.59 bits per heavy atom. The van der Waals surface area contributed by atoms with E-state index in [1.807, 2.05) is 54.9 Å². The number of likely N-dealkylation sites (tertiary alicyclic amines) is 1. The highest BCUT2D eigenvalue weighted by molar-refractivity contribution is 6.30. The maximum Gasteiger partial charge on any atom is 0.220 e. The Morgan fingerprint density at radius 2 is 1.82 bits per heavy atom. The summed E-state index contributed by atoms with van der Waals surface area (Å²) in [6.45, 7) is 6.75. The van der Waals surface area contributed by atoms with Gasteiger partial charge in [-0.3, -0.25) is 19.6 Å². The number of piperidine rings is 1. The Balaban J connectivity index is 1.19. The zero-order valence-corrected chi connectivity index (χ0v) is 23.1. The van der Waals surface area contributed by atoms with Gasteiger partial charge in [0, 0.05) is 75.7 Å². The topological polar surface area (TPSA) is 51.7 Å². The van der Waals surface area contributed by atoms with E-state index in [9.17, 15) is 9.18 Å². The van der Waals surface area contributed by atoms with E-state index in [2.05, 4.69) is 31.1 Å². The van der Waals surface area contributed by atoms with E-state index in [0.29, 0.717) is 35.6 Å². The molecule has 3 heterocycles. The number of carbonyl (C=O) groups excluding carboxylic acids is 1. The molecule has 0 bridgehead atoms. The summed E-state index contributed by atoms with van der Waals surface area (Å²) in [6.07, 6.45) is 6.14. The van der Waals surface area contributed by atoms with E-state index in [1.54, 1.807) is 6.07 Å². The van der Waals surface area contributed by atoms with Crippen molar-refractivity contribution < 1.29 is 9.18 Å². The highest BCUT2D eigenvalue weighted by Crippen LogP contribution is 2.29. The number of anilines is 1. The summed E-state index contributed by atoms with van der Waals surface area (Å²) in [4.78, 5) is 24.3. The van der Waals surface area contributed by atoms with Gasteiger partial charge in [-0.25, -0.2) is 4.39 Å². The summed E-state index contributed by atoms with van der Waals surface area (Å²) in [6, 6.07) is 19.2. The van der Waals surface area contributed by atoms with Crippen LogP contribution in [-0.2, 0) is 17.9 Å². The van der Waals surface area contributed by atoms with Crippen LogP contribution in [0.5, 0.6) is 0 Å². The lowest BCUT2D eigenvalue weighted by Crippen LogP contribution is -2.56. The van der Waals surface area contributed by atoms with Crippen LogP contribution >= 0.6 is 11.6 Å². The number of para-hydroxylation sites is 1. The summed E-state index contributed by atoms with van der Waals surface area (Å²) in [5, 5.41) is 3.74. The first-order chi connectivity index (χ1) is 19.0. The van der Waals surface area contributed by atoms with Gasteiger partial charge in [-0.15, -0.1) is 0 Å². The number of aromatic nitrogens is 1. The number of benzene rings is 2. The van der Waals surface area contributed by atoms with E-state index in [1.165, 1.54) is 11.6 Å². The Kier molecular flexibility index (Phi) is 9.45. The molecule has 2 saturated heterocycles. The van der Waals surface area contributed by atoms with Crippen LogP contribution in [0.4, 0.5) is 10.1 Å². The fourth-order valence-electron chi connectivity index (χ4n) is 6.01. The molecule has 0 radical (unpaired) electrons. The van der Waals surface area contributed by atoms with Crippen molar-refractivity contribution >= 4 is 23.2 Å². The van der Waals surface area contributed by atoms with Gasteiger partial charge in [0.1, 0.15) is 5.82 Å². The number of piperazine rings is 1. The minimum absolute atomic E-state index is 0.0717. The number of nitrogens with zero attached hydrogens (tertiary/aromatic N) is 4. The van der Waals surface area contributed by atoms with Crippen molar-refractivity contribution in [2.45, 2.75) is 38.4 Å². The number of rotatable bonds is 9. The van der Waals surface area contributed by atoms with Crippen molar-refractivity contribution in [3.05, 3.63) is 95.0 Å². The Hall–Kier alpha value is -3.00. The molecular formula is C31H37ClFN5O. The second kappa shape index (κ2) is 13.4. The van der Waals surface area contributed by atoms with Crippen LogP contribution in [0.1, 0.15) is 30.4 Å². The Morgan fingerprint density at radius 1 is 1.00 bits per heavy atom. The molecule has 2 aromatic carbocycles. The molecule has 1 amide bonds. The fourth-order valence-corrected chi connectivity index (χ4v) is 6.22. The van der Waals surface area contributed by atoms with Crippen molar-refractivity contribution in [1.82, 2.24) is 20.1 Å². The number of nitrogens with one attached hydrogen (secondary N) is 1. The van der Waals surface area contributed by atoms with Gasteiger partial charge in [-0.2, -0.15) is 0 Å². The molecule has 2 aliphatic rings. The van der Waals surface area contributed by atoms with E-state index in [0.717, 1.165) is 64.2 Å². The number of halogens is 2. The summed E-state index contributed by atoms with van der Waals surface area (Å²) in [5.74, 6) is 0.297. The van der Waals surface area contributed by atoms with Crippen LogP contribution < -0.4 is 10.2 Å². The fraction of sp³-hybridized carbons (Fsp3) is 0.419. The molecule has 2 aliphatic heterocycles. The lowest BCUT2D eigenvalue weighted by Gasteiger charge is -2.47. The molecule has 2 atom stereocenters. The normalized spacial score (nSPS) is 20.6. The van der Waals surface area contributed by atoms with Crippen molar-refractivity contribution in [1.29, 1.82) is 0 Å². The standard InChI is InChI=1S/C31H37ClFN5O/c32-27-7-3-5-24(19-27)21-35-31(39)11-10-26-23-36(22-25-6-4-13-34-20-25)14-12-29(26)37-15-17-38(18-16-37)30-9-2-1-8-28(30)33/h1-9,13,19-20,26,29H,10-12,14-18,21-23H2,(H,35,39)/t26-,29+/m0/s1. The molecule has 6 nitrogen and oxygen atoms in total. The number of pyridine rings is 1. The lowest BCUT2D eigenvalue weighted by atomic mass is 9.86. The predicted molar refractivity (Wildman–Crippen MR) is 154 cm³/mol. The average molecular weight is 550 g/mol. The molecule has 0 unspecified atom stereocenters. The minimum Gasteiger partial charge on any atom is -0.367 e.